The molecular weight excluding hydrogens is 460 g/mol. The summed E-state index contributed by atoms with van der Waals surface area (Å²) in [5.41, 5.74) is -0.456. The number of nitrogens with one attached hydrogen (secondary N) is 2. The number of anilines is 2. The van der Waals surface area contributed by atoms with Gasteiger partial charge >= 0.3 is 0 Å². The number of hydrogen-bond donors (Lipinski definition) is 2. The normalized spacial score (nSPS) is 27.2. The topological polar surface area (TPSA) is 131 Å². The SMILES string of the molecule is COc1ccc([N+](=O)[O-])cc1N1C(=O)[C@@H]2[C@H](CCSC)N[C@]3(C(=O)Nc4ccccc43)[C@H]2C1=O. The van der Waals surface area contributed by atoms with Crippen LogP contribution >= 0.6 is 11.8 Å². The first kappa shape index (κ1) is 22.4. The Morgan fingerprint density at radius 2 is 1.94 bits per heavy atom. The van der Waals surface area contributed by atoms with E-state index >= 15 is 0 Å². The Morgan fingerprint density at radius 1 is 1.18 bits per heavy atom. The molecule has 2 fully saturated rings. The lowest BCUT2D eigenvalue weighted by Gasteiger charge is -2.29. The smallest absolute Gasteiger partial charge is 0.271 e. The van der Waals surface area contributed by atoms with E-state index in [4.69, 9.17) is 4.74 Å². The number of carbonyl (C=O) groups excluding carboxylic acids is 3. The van der Waals surface area contributed by atoms with Crippen LogP contribution in [0.3, 0.4) is 0 Å². The summed E-state index contributed by atoms with van der Waals surface area (Å²) in [5, 5.41) is 17.6. The van der Waals surface area contributed by atoms with E-state index in [0.29, 0.717) is 17.7 Å². The molecule has 1 spiro atoms. The zero-order chi connectivity index (χ0) is 24.2. The van der Waals surface area contributed by atoms with E-state index in [1.54, 1.807) is 36.0 Å². The van der Waals surface area contributed by atoms with Gasteiger partial charge in [-0.25, -0.2) is 4.90 Å². The predicted octanol–water partition coefficient (Wildman–Crippen LogP) is 2.28. The predicted molar refractivity (Wildman–Crippen MR) is 126 cm³/mol. The molecule has 0 radical (unpaired) electrons. The third-order valence-corrected chi connectivity index (χ3v) is 7.51. The highest BCUT2D eigenvalue weighted by Crippen LogP contribution is 2.54. The van der Waals surface area contributed by atoms with E-state index in [0.717, 1.165) is 16.7 Å². The van der Waals surface area contributed by atoms with Crippen LogP contribution < -0.4 is 20.3 Å². The van der Waals surface area contributed by atoms with Crippen LogP contribution in [-0.4, -0.2) is 47.8 Å². The highest BCUT2D eigenvalue weighted by Gasteiger charge is 2.70. The summed E-state index contributed by atoms with van der Waals surface area (Å²) in [7, 11) is 1.36. The van der Waals surface area contributed by atoms with Crippen LogP contribution in [0, 0.1) is 22.0 Å². The molecule has 3 aliphatic rings. The van der Waals surface area contributed by atoms with E-state index in [2.05, 4.69) is 10.6 Å². The van der Waals surface area contributed by atoms with Crippen LogP contribution in [-0.2, 0) is 19.9 Å². The molecule has 3 amide bonds. The van der Waals surface area contributed by atoms with Gasteiger partial charge in [0, 0.05) is 29.4 Å². The van der Waals surface area contributed by atoms with Crippen molar-refractivity contribution in [2.24, 2.45) is 11.8 Å². The van der Waals surface area contributed by atoms with Crippen LogP contribution in [0.5, 0.6) is 5.75 Å². The van der Waals surface area contributed by atoms with Gasteiger partial charge in [0.1, 0.15) is 17.0 Å². The Bertz CT molecular complexity index is 1240. The number of amides is 3. The molecule has 0 aliphatic carbocycles. The van der Waals surface area contributed by atoms with E-state index in [-0.39, 0.29) is 23.0 Å². The van der Waals surface area contributed by atoms with Crippen molar-refractivity contribution in [3.05, 3.63) is 58.1 Å². The van der Waals surface area contributed by atoms with Crippen molar-refractivity contribution in [1.29, 1.82) is 0 Å². The second-order valence-corrected chi connectivity index (χ2v) is 9.45. The number of fused-ring (bicyclic) bond motifs is 4. The fourth-order valence-electron chi connectivity index (χ4n) is 5.46. The molecule has 0 saturated carbocycles. The summed E-state index contributed by atoms with van der Waals surface area (Å²) in [6.45, 7) is 0. The minimum atomic E-state index is -1.40. The number of para-hydroxylation sites is 1. The zero-order valence-corrected chi connectivity index (χ0v) is 19.3. The molecule has 0 unspecified atom stereocenters. The summed E-state index contributed by atoms with van der Waals surface area (Å²) >= 11 is 1.61. The number of imide groups is 1. The molecule has 2 aromatic carbocycles. The fourth-order valence-corrected chi connectivity index (χ4v) is 5.95. The molecule has 3 aliphatic heterocycles. The number of nitro groups is 1. The van der Waals surface area contributed by atoms with Gasteiger partial charge in [-0.2, -0.15) is 11.8 Å². The van der Waals surface area contributed by atoms with Crippen molar-refractivity contribution in [1.82, 2.24) is 5.32 Å². The van der Waals surface area contributed by atoms with Gasteiger partial charge in [-0.15, -0.1) is 0 Å². The number of carbonyl (C=O) groups is 3. The van der Waals surface area contributed by atoms with Crippen molar-refractivity contribution < 1.29 is 24.0 Å². The largest absolute Gasteiger partial charge is 0.495 e. The Labute approximate surface area is 199 Å². The molecule has 0 bridgehead atoms. The highest BCUT2D eigenvalue weighted by molar-refractivity contribution is 7.98. The number of nitrogens with zero attached hydrogens (tertiary/aromatic N) is 2. The number of nitro benzene ring substituents is 1. The minimum Gasteiger partial charge on any atom is -0.495 e. The number of methoxy groups -OCH3 is 1. The summed E-state index contributed by atoms with van der Waals surface area (Å²) in [4.78, 5) is 52.9. The molecule has 5 rings (SSSR count). The van der Waals surface area contributed by atoms with Crippen LogP contribution in [0.2, 0.25) is 0 Å². The van der Waals surface area contributed by atoms with Gasteiger partial charge in [0.25, 0.3) is 5.69 Å². The number of non-ortho nitro benzene ring substituents is 1. The maximum Gasteiger partial charge on any atom is 0.271 e. The highest BCUT2D eigenvalue weighted by atomic mass is 32.2. The van der Waals surface area contributed by atoms with Crippen LogP contribution in [0.1, 0.15) is 12.0 Å². The first-order valence-corrected chi connectivity index (χ1v) is 12.1. The van der Waals surface area contributed by atoms with Gasteiger partial charge in [0.2, 0.25) is 17.7 Å². The second-order valence-electron chi connectivity index (χ2n) is 8.47. The van der Waals surface area contributed by atoms with Gasteiger partial charge in [-0.1, -0.05) is 18.2 Å². The van der Waals surface area contributed by atoms with Crippen molar-refractivity contribution in [3.63, 3.8) is 0 Å². The van der Waals surface area contributed by atoms with Gasteiger partial charge in [0.15, 0.2) is 0 Å². The summed E-state index contributed by atoms with van der Waals surface area (Å²) in [5.74, 6) is -2.39. The number of rotatable bonds is 6. The van der Waals surface area contributed by atoms with Crippen molar-refractivity contribution in [2.75, 3.05) is 29.3 Å². The minimum absolute atomic E-state index is 0.00607. The first-order chi connectivity index (χ1) is 16.3. The molecule has 4 atom stereocenters. The first-order valence-electron chi connectivity index (χ1n) is 10.7. The Kier molecular flexibility index (Phi) is 5.33. The molecular formula is C23H22N4O6S. The van der Waals surface area contributed by atoms with E-state index in [1.807, 2.05) is 6.26 Å². The number of benzene rings is 2. The molecule has 2 saturated heterocycles. The summed E-state index contributed by atoms with van der Waals surface area (Å²) in [6.07, 6.45) is 2.51. The lowest BCUT2D eigenvalue weighted by molar-refractivity contribution is -0.384. The molecule has 2 aromatic rings. The van der Waals surface area contributed by atoms with Crippen LogP contribution in [0.25, 0.3) is 0 Å². The van der Waals surface area contributed by atoms with Gasteiger partial charge in [0.05, 0.1) is 23.9 Å². The van der Waals surface area contributed by atoms with Crippen LogP contribution in [0.4, 0.5) is 17.1 Å². The molecule has 0 aromatic heterocycles. The lowest BCUT2D eigenvalue weighted by atomic mass is 9.76. The van der Waals surface area contributed by atoms with Crippen molar-refractivity contribution in [2.45, 2.75) is 18.0 Å². The average Bonchev–Trinajstić information content (AvgIpc) is 3.41. The lowest BCUT2D eigenvalue weighted by Crippen LogP contribution is -2.53. The van der Waals surface area contributed by atoms with E-state index in [1.165, 1.54) is 19.2 Å². The van der Waals surface area contributed by atoms with Gasteiger partial charge in [-0.3, -0.25) is 29.8 Å². The molecule has 11 heteroatoms. The molecule has 176 valence electrons. The zero-order valence-electron chi connectivity index (χ0n) is 18.4. The number of hydrogen-bond acceptors (Lipinski definition) is 8. The summed E-state index contributed by atoms with van der Waals surface area (Å²) in [6, 6.07) is 10.5. The quantitative estimate of drug-likeness (QED) is 0.364. The standard InChI is InChI=1S/C23H22N4O6S/c1-33-17-8-7-12(27(31)32)11-16(17)26-20(28)18-15(9-10-34-2)25-23(19(18)21(26)29)13-5-3-4-6-14(13)24-22(23)30/h3-8,11,15,18-19,25H,9-10H2,1-2H3,(H,24,30)/t15-,18+,19+,23-/m0/s1. The number of thioether (sulfide) groups is 1. The monoisotopic (exact) mass is 482 g/mol. The molecule has 3 heterocycles. The van der Waals surface area contributed by atoms with E-state index in [9.17, 15) is 24.5 Å². The number of ether oxygens (including phenoxy) is 1. The molecule has 10 nitrogen and oxygen atoms in total. The maximum absolute atomic E-state index is 13.9. The third-order valence-electron chi connectivity index (χ3n) is 6.87. The van der Waals surface area contributed by atoms with Crippen molar-refractivity contribution >= 4 is 46.5 Å². The Balaban J connectivity index is 1.67. The van der Waals surface area contributed by atoms with E-state index < -0.39 is 40.2 Å². The molecule has 34 heavy (non-hydrogen) atoms. The van der Waals surface area contributed by atoms with Gasteiger partial charge < -0.3 is 10.1 Å². The average molecular weight is 483 g/mol. The fraction of sp³-hybridized carbons (Fsp3) is 0.348. The Hall–Kier alpha value is -3.44. The maximum atomic E-state index is 13.9. The molecule has 2 N–H and O–H groups in total. The van der Waals surface area contributed by atoms with Crippen molar-refractivity contribution in [3.8, 4) is 5.75 Å². The third kappa shape index (κ3) is 2.96. The van der Waals surface area contributed by atoms with Gasteiger partial charge in [-0.05, 0) is 30.6 Å². The Morgan fingerprint density at radius 3 is 2.65 bits per heavy atom. The van der Waals surface area contributed by atoms with Crippen LogP contribution in [0.15, 0.2) is 42.5 Å². The second kappa shape index (κ2) is 8.10. The summed E-state index contributed by atoms with van der Waals surface area (Å²) < 4.78 is 5.33.